The lowest BCUT2D eigenvalue weighted by Gasteiger charge is -2.23. The molecule has 0 saturated carbocycles. The fraction of sp³-hybridized carbons (Fsp3) is 0.0776. The Labute approximate surface area is 728 Å². The summed E-state index contributed by atoms with van der Waals surface area (Å²) in [5.74, 6) is 2.16. The quantitative estimate of drug-likeness (QED) is 0.118. The van der Waals surface area contributed by atoms with Gasteiger partial charge in [0.15, 0.2) is 17.5 Å². The third kappa shape index (κ3) is 14.3. The second kappa shape index (κ2) is 31.7. The lowest BCUT2D eigenvalue weighted by atomic mass is 9.80. The van der Waals surface area contributed by atoms with Gasteiger partial charge in [-0.15, -0.1) is 0 Å². The summed E-state index contributed by atoms with van der Waals surface area (Å²) in [4.78, 5) is 43.2. The highest BCUT2D eigenvalue weighted by Crippen LogP contribution is 2.55. The molecule has 6 aromatic heterocycles. The third-order valence-corrected chi connectivity index (χ3v) is 25.4. The first-order valence-corrected chi connectivity index (χ1v) is 42.7. The average molecular weight is 1610 g/mol. The zero-order chi connectivity index (χ0) is 84.3. The monoisotopic (exact) mass is 1600 g/mol. The molecule has 6 heterocycles. The summed E-state index contributed by atoms with van der Waals surface area (Å²) in [6, 6.07) is 130. The predicted octanol–water partition coefficient (Wildman–Crippen LogP) is 28.8. The number of pyridine rings is 3. The summed E-state index contributed by atoms with van der Waals surface area (Å²) in [6.45, 7) is 14.0. The molecule has 3 aliphatic carbocycles. The third-order valence-electron chi connectivity index (χ3n) is 25.4. The van der Waals surface area contributed by atoms with Crippen LogP contribution in [0.4, 0.5) is 0 Å². The van der Waals surface area contributed by atoms with E-state index in [1.54, 1.807) is 18.6 Å². The van der Waals surface area contributed by atoms with E-state index in [0.717, 1.165) is 135 Å². The maximum absolute atomic E-state index is 5.12. The van der Waals surface area contributed by atoms with Crippen LogP contribution < -0.4 is 0 Å². The normalized spacial score (nSPS) is 13.1. The summed E-state index contributed by atoms with van der Waals surface area (Å²) in [7, 11) is 0. The summed E-state index contributed by atoms with van der Waals surface area (Å²) >= 11 is 0. The van der Waals surface area contributed by atoms with E-state index in [2.05, 4.69) is 354 Å². The molecule has 3 aliphatic rings. The molecule has 20 aromatic rings. The Morgan fingerprint density at radius 2 is 0.504 bits per heavy atom. The van der Waals surface area contributed by atoms with Crippen LogP contribution in [0.1, 0.15) is 74.9 Å². The molecule has 0 saturated heterocycles. The number of nitrogens with zero attached hydrogens (tertiary/aromatic N) is 9. The molecule has 23 rings (SSSR count). The minimum Gasteiger partial charge on any atom is -0.264 e. The first kappa shape index (κ1) is 76.7. The van der Waals surface area contributed by atoms with Gasteiger partial charge in [0.1, 0.15) is 0 Å². The first-order chi connectivity index (χ1) is 61.2. The lowest BCUT2D eigenvalue weighted by Crippen LogP contribution is -2.15. The van der Waals surface area contributed by atoms with E-state index >= 15 is 0 Å². The lowest BCUT2D eigenvalue weighted by molar-refractivity contribution is 0.660. The molecule has 0 spiro atoms. The Morgan fingerprint density at radius 1 is 0.184 bits per heavy atom. The van der Waals surface area contributed by atoms with Gasteiger partial charge in [0.05, 0.1) is 34.2 Å². The van der Waals surface area contributed by atoms with Crippen LogP contribution in [0.3, 0.4) is 0 Å². The van der Waals surface area contributed by atoms with Gasteiger partial charge in [0, 0.05) is 103 Å². The molecular weight excluding hydrogens is 1520 g/mol. The molecule has 0 amide bonds. The van der Waals surface area contributed by atoms with Crippen molar-refractivity contribution in [1.82, 2.24) is 44.9 Å². The molecular formula is C116H85N9. The molecule has 0 aliphatic heterocycles. The highest BCUT2D eigenvalue weighted by atomic mass is 14.9. The zero-order valence-electron chi connectivity index (χ0n) is 70.2. The van der Waals surface area contributed by atoms with E-state index < -0.39 is 0 Å². The molecule has 9 heteroatoms. The van der Waals surface area contributed by atoms with E-state index in [-0.39, 0.29) is 16.2 Å². The van der Waals surface area contributed by atoms with Gasteiger partial charge in [-0.3, -0.25) is 15.0 Å². The molecule has 0 atom stereocenters. The van der Waals surface area contributed by atoms with Gasteiger partial charge in [0.2, 0.25) is 0 Å². The van der Waals surface area contributed by atoms with Crippen molar-refractivity contribution in [2.24, 2.45) is 0 Å². The minimum absolute atomic E-state index is 0.0213. The first-order valence-electron chi connectivity index (χ1n) is 42.7. The van der Waals surface area contributed by atoms with Gasteiger partial charge in [-0.05, 0) is 176 Å². The van der Waals surface area contributed by atoms with E-state index in [1.165, 1.54) is 88.3 Å². The maximum atomic E-state index is 5.12. The highest BCUT2D eigenvalue weighted by molar-refractivity contribution is 6.03. The van der Waals surface area contributed by atoms with Crippen molar-refractivity contribution in [3.8, 4) is 168 Å². The van der Waals surface area contributed by atoms with Crippen LogP contribution in [0, 0.1) is 0 Å². The van der Waals surface area contributed by atoms with Gasteiger partial charge < -0.3 is 0 Å². The topological polar surface area (TPSA) is 116 Å². The predicted molar refractivity (Wildman–Crippen MR) is 512 cm³/mol. The second-order valence-electron chi connectivity index (χ2n) is 34.1. The maximum Gasteiger partial charge on any atom is 0.160 e. The molecule has 0 N–H and O–H groups in total. The zero-order valence-corrected chi connectivity index (χ0v) is 70.2. The molecule has 594 valence electrons. The number of hydrogen-bond donors (Lipinski definition) is 0. The molecule has 0 bridgehead atoms. The van der Waals surface area contributed by atoms with Crippen LogP contribution in [0.25, 0.3) is 190 Å². The fourth-order valence-corrected chi connectivity index (χ4v) is 18.8. The van der Waals surface area contributed by atoms with Gasteiger partial charge >= 0.3 is 0 Å². The van der Waals surface area contributed by atoms with Crippen LogP contribution in [-0.4, -0.2) is 44.9 Å². The summed E-state index contributed by atoms with van der Waals surface area (Å²) in [5.41, 5.74) is 37.3. The smallest absolute Gasteiger partial charge is 0.160 e. The number of rotatable bonds is 12. The van der Waals surface area contributed by atoms with Crippen LogP contribution in [0.15, 0.2) is 407 Å². The summed E-state index contributed by atoms with van der Waals surface area (Å²) in [5, 5.41) is 5.19. The van der Waals surface area contributed by atoms with Crippen molar-refractivity contribution in [2.45, 2.75) is 57.8 Å². The number of hydrogen-bond acceptors (Lipinski definition) is 9. The van der Waals surface area contributed by atoms with Crippen LogP contribution in [-0.2, 0) is 16.2 Å². The molecule has 9 nitrogen and oxygen atoms in total. The van der Waals surface area contributed by atoms with E-state index in [4.69, 9.17) is 29.9 Å². The van der Waals surface area contributed by atoms with Crippen LogP contribution in [0.2, 0.25) is 0 Å². The Kier molecular flexibility index (Phi) is 19.4. The molecule has 125 heavy (non-hydrogen) atoms. The summed E-state index contributed by atoms with van der Waals surface area (Å²) in [6.07, 6.45) is 11.1. The Hall–Kier alpha value is -15.7. The second-order valence-corrected chi connectivity index (χ2v) is 34.1. The van der Waals surface area contributed by atoms with Crippen molar-refractivity contribution in [2.75, 3.05) is 0 Å². The number of benzene rings is 14. The van der Waals surface area contributed by atoms with Crippen LogP contribution in [0.5, 0.6) is 0 Å². The highest BCUT2D eigenvalue weighted by Gasteiger charge is 2.40. The van der Waals surface area contributed by atoms with Crippen molar-refractivity contribution in [1.29, 1.82) is 0 Å². The Bertz CT molecular complexity index is 7490. The molecule has 0 radical (unpaired) electrons. The van der Waals surface area contributed by atoms with Gasteiger partial charge in [0.25, 0.3) is 0 Å². The van der Waals surface area contributed by atoms with Crippen LogP contribution >= 0.6 is 0 Å². The van der Waals surface area contributed by atoms with Crippen molar-refractivity contribution in [3.63, 3.8) is 0 Å². The Balaban J connectivity index is 0.000000115. The number of aromatic nitrogens is 9. The summed E-state index contributed by atoms with van der Waals surface area (Å²) < 4.78 is 0. The number of fused-ring (bicyclic) bond motifs is 13. The molecule has 0 fully saturated rings. The van der Waals surface area contributed by atoms with Crippen molar-refractivity contribution < 1.29 is 0 Å². The minimum atomic E-state index is -0.137. The largest absolute Gasteiger partial charge is 0.264 e. The van der Waals surface area contributed by atoms with Gasteiger partial charge in [-0.1, -0.05) is 357 Å². The standard InChI is InChI=1S/2C40H29N3.C36H27N3/c1-40(2)35-23-30(19-20-33(35)34-21-18-27-9-6-7-13-32(27)38(34)40)37-24-36(42-39(43-37)29-10-4-3-5-11-29)28-16-14-26(15-17-28)31-12-8-22-41-25-31;1-40(2)34-21-19-27-9-6-7-13-32(27)38(34)33-20-18-30(23-35(33)40)37-24-36(42-39(43-37)29-10-4-3-5-11-29)28-16-14-26(15-17-28)31-12-8-22-41-25-31;1-36(2)31-13-7-6-12-29(31)30-21-27(18-19-32(30)36)34-22-33(38-35(39-34)26-9-4-3-5-10-26)25-16-14-24(15-17-25)28-11-8-20-37-23-28/h2*3-25H,1-2H3;3-23H,1-2H3. The van der Waals surface area contributed by atoms with Crippen molar-refractivity contribution >= 4 is 21.5 Å². The van der Waals surface area contributed by atoms with E-state index in [0.29, 0.717) is 0 Å². The van der Waals surface area contributed by atoms with E-state index in [9.17, 15) is 0 Å². The fourth-order valence-electron chi connectivity index (χ4n) is 18.8. The Morgan fingerprint density at radius 3 is 0.968 bits per heavy atom. The molecule has 14 aromatic carbocycles. The molecule has 0 unspecified atom stereocenters. The van der Waals surface area contributed by atoms with Gasteiger partial charge in [-0.2, -0.15) is 0 Å². The SMILES string of the molecule is CC1(C)c2cc(-c3cc(-c4ccc(-c5cccnc5)cc4)nc(-c4ccccc4)n3)ccc2-c2c1ccc1ccccc21.CC1(C)c2cc(-c3cc(-c4ccc(-c5cccnc5)cc4)nc(-c4ccccc4)n3)ccc2-c2ccc3ccccc3c21.CC1(C)c2ccccc2-c2cc(-c3cc(-c4ccc(-c5cccnc5)cc4)nc(-c4ccccc4)n3)ccc21. The van der Waals surface area contributed by atoms with E-state index in [1.807, 2.05) is 91.4 Å². The average Bonchev–Trinajstić information content (AvgIpc) is 1.61. The van der Waals surface area contributed by atoms with Crippen molar-refractivity contribution in [3.05, 3.63) is 441 Å². The van der Waals surface area contributed by atoms with Gasteiger partial charge in [-0.25, -0.2) is 29.9 Å².